The molecule has 1 aromatic heterocycles. The van der Waals surface area contributed by atoms with Gasteiger partial charge in [-0.2, -0.15) is 4.98 Å². The van der Waals surface area contributed by atoms with E-state index in [0.29, 0.717) is 18.3 Å². The Bertz CT molecular complexity index is 591. The minimum absolute atomic E-state index is 0.0519. The van der Waals surface area contributed by atoms with E-state index in [-0.39, 0.29) is 17.9 Å². The predicted octanol–water partition coefficient (Wildman–Crippen LogP) is 3.13. The largest absolute Gasteiger partial charge is 0.337 e. The second-order valence-electron chi connectivity index (χ2n) is 5.59. The Hall–Kier alpha value is -2.17. The van der Waals surface area contributed by atoms with Crippen LogP contribution in [0.1, 0.15) is 33.6 Å². The number of aromatic nitrogens is 2. The maximum Gasteiger partial charge on any atom is 0.246 e. The first kappa shape index (κ1) is 15.2. The lowest BCUT2D eigenvalue weighted by atomic mass is 10.1. The molecule has 5 nitrogen and oxygen atoms in total. The van der Waals surface area contributed by atoms with E-state index in [2.05, 4.69) is 10.1 Å². The van der Waals surface area contributed by atoms with Gasteiger partial charge in [0, 0.05) is 17.5 Å². The van der Waals surface area contributed by atoms with Crippen LogP contribution in [-0.4, -0.2) is 27.0 Å². The van der Waals surface area contributed by atoms with E-state index < -0.39 is 0 Å². The standard InChI is InChI=1S/C16H21N3O2/c1-11(2)16(20)19(12(3)4)10-14-17-15(18-21-14)13-8-6-5-7-9-13/h5-9,11-12H,10H2,1-4H3. The van der Waals surface area contributed by atoms with Crippen molar-refractivity contribution in [3.8, 4) is 11.4 Å². The number of nitrogens with zero attached hydrogens (tertiary/aromatic N) is 3. The molecule has 21 heavy (non-hydrogen) atoms. The molecular weight excluding hydrogens is 266 g/mol. The number of amides is 1. The van der Waals surface area contributed by atoms with Crippen LogP contribution in [0.3, 0.4) is 0 Å². The average molecular weight is 287 g/mol. The number of hydrogen-bond acceptors (Lipinski definition) is 4. The second-order valence-corrected chi connectivity index (χ2v) is 5.59. The average Bonchev–Trinajstić information content (AvgIpc) is 2.93. The second kappa shape index (κ2) is 6.52. The Balaban J connectivity index is 2.16. The van der Waals surface area contributed by atoms with Crippen LogP contribution in [0.25, 0.3) is 11.4 Å². The molecule has 0 spiro atoms. The van der Waals surface area contributed by atoms with Crippen molar-refractivity contribution in [2.45, 2.75) is 40.3 Å². The van der Waals surface area contributed by atoms with Gasteiger partial charge >= 0.3 is 0 Å². The molecule has 112 valence electrons. The lowest BCUT2D eigenvalue weighted by Gasteiger charge is -2.26. The summed E-state index contributed by atoms with van der Waals surface area (Å²) in [5, 5.41) is 3.98. The summed E-state index contributed by atoms with van der Waals surface area (Å²) in [6.45, 7) is 8.08. The molecule has 0 saturated carbocycles. The zero-order valence-corrected chi connectivity index (χ0v) is 12.9. The van der Waals surface area contributed by atoms with E-state index in [0.717, 1.165) is 5.56 Å². The maximum absolute atomic E-state index is 12.2. The van der Waals surface area contributed by atoms with Crippen molar-refractivity contribution in [2.24, 2.45) is 5.92 Å². The van der Waals surface area contributed by atoms with Crippen LogP contribution in [0.2, 0.25) is 0 Å². The predicted molar refractivity (Wildman–Crippen MR) is 80.3 cm³/mol. The summed E-state index contributed by atoms with van der Waals surface area (Å²) in [7, 11) is 0. The van der Waals surface area contributed by atoms with Crippen molar-refractivity contribution < 1.29 is 9.32 Å². The highest BCUT2D eigenvalue weighted by atomic mass is 16.5. The van der Waals surface area contributed by atoms with Crippen molar-refractivity contribution >= 4 is 5.91 Å². The summed E-state index contributed by atoms with van der Waals surface area (Å²) >= 11 is 0. The van der Waals surface area contributed by atoms with E-state index in [4.69, 9.17) is 4.52 Å². The quantitative estimate of drug-likeness (QED) is 0.847. The molecule has 0 unspecified atom stereocenters. The first-order chi connectivity index (χ1) is 9.99. The molecule has 0 radical (unpaired) electrons. The van der Waals surface area contributed by atoms with Gasteiger partial charge in [0.05, 0.1) is 0 Å². The van der Waals surface area contributed by atoms with E-state index in [1.54, 1.807) is 4.90 Å². The van der Waals surface area contributed by atoms with Gasteiger partial charge in [0.1, 0.15) is 6.54 Å². The van der Waals surface area contributed by atoms with Crippen molar-refractivity contribution in [1.82, 2.24) is 15.0 Å². The summed E-state index contributed by atoms with van der Waals surface area (Å²) in [6, 6.07) is 9.73. The number of rotatable bonds is 5. The van der Waals surface area contributed by atoms with E-state index in [1.807, 2.05) is 58.0 Å². The van der Waals surface area contributed by atoms with Crippen LogP contribution in [0.5, 0.6) is 0 Å². The fourth-order valence-corrected chi connectivity index (χ4v) is 2.02. The third kappa shape index (κ3) is 3.68. The summed E-state index contributed by atoms with van der Waals surface area (Å²) in [5.41, 5.74) is 0.902. The highest BCUT2D eigenvalue weighted by Crippen LogP contribution is 2.17. The first-order valence-corrected chi connectivity index (χ1v) is 7.17. The van der Waals surface area contributed by atoms with Gasteiger partial charge in [-0.25, -0.2) is 0 Å². The minimum atomic E-state index is -0.0519. The van der Waals surface area contributed by atoms with E-state index in [9.17, 15) is 4.79 Å². The molecule has 1 amide bonds. The Morgan fingerprint density at radius 2 is 1.86 bits per heavy atom. The van der Waals surface area contributed by atoms with Gasteiger partial charge in [0.15, 0.2) is 0 Å². The van der Waals surface area contributed by atoms with Crippen molar-refractivity contribution in [2.75, 3.05) is 0 Å². The molecule has 0 aliphatic rings. The van der Waals surface area contributed by atoms with Crippen molar-refractivity contribution in [1.29, 1.82) is 0 Å². The summed E-state index contributed by atoms with van der Waals surface area (Å²) in [6.07, 6.45) is 0. The van der Waals surface area contributed by atoms with Gasteiger partial charge < -0.3 is 9.42 Å². The molecule has 0 bridgehead atoms. The molecule has 1 heterocycles. The Kier molecular flexibility index (Phi) is 4.73. The van der Waals surface area contributed by atoms with Crippen LogP contribution < -0.4 is 0 Å². The smallest absolute Gasteiger partial charge is 0.246 e. The molecule has 0 saturated heterocycles. The van der Waals surface area contributed by atoms with Gasteiger partial charge in [0.25, 0.3) is 0 Å². The lowest BCUT2D eigenvalue weighted by molar-refractivity contribution is -0.137. The SMILES string of the molecule is CC(C)C(=O)N(Cc1nc(-c2ccccc2)no1)C(C)C. The minimum Gasteiger partial charge on any atom is -0.337 e. The highest BCUT2D eigenvalue weighted by Gasteiger charge is 2.22. The molecule has 1 aromatic carbocycles. The van der Waals surface area contributed by atoms with E-state index >= 15 is 0 Å². The molecule has 0 N–H and O–H groups in total. The first-order valence-electron chi connectivity index (χ1n) is 7.17. The summed E-state index contributed by atoms with van der Waals surface area (Å²) < 4.78 is 5.27. The number of benzene rings is 1. The number of hydrogen-bond donors (Lipinski definition) is 0. The summed E-state index contributed by atoms with van der Waals surface area (Å²) in [5.74, 6) is 1.04. The normalized spacial score (nSPS) is 11.1. The zero-order valence-electron chi connectivity index (χ0n) is 12.9. The van der Waals surface area contributed by atoms with Gasteiger partial charge in [-0.05, 0) is 13.8 Å². The summed E-state index contributed by atoms with van der Waals surface area (Å²) in [4.78, 5) is 18.3. The number of carbonyl (C=O) groups excluding carboxylic acids is 1. The topological polar surface area (TPSA) is 59.2 Å². The van der Waals surface area contributed by atoms with Crippen LogP contribution in [0.4, 0.5) is 0 Å². The van der Waals surface area contributed by atoms with E-state index in [1.165, 1.54) is 0 Å². The monoisotopic (exact) mass is 287 g/mol. The Labute approximate surface area is 125 Å². The molecule has 0 aliphatic carbocycles. The van der Waals surface area contributed by atoms with Gasteiger partial charge in [-0.1, -0.05) is 49.3 Å². The molecule has 2 aromatic rings. The molecule has 0 aliphatic heterocycles. The van der Waals surface area contributed by atoms with Gasteiger partial charge in [-0.3, -0.25) is 4.79 Å². The maximum atomic E-state index is 12.2. The van der Waals surface area contributed by atoms with Crippen LogP contribution in [0.15, 0.2) is 34.9 Å². The third-order valence-electron chi connectivity index (χ3n) is 3.21. The fraction of sp³-hybridized carbons (Fsp3) is 0.438. The zero-order chi connectivity index (χ0) is 15.4. The van der Waals surface area contributed by atoms with Gasteiger partial charge in [0.2, 0.25) is 17.6 Å². The van der Waals surface area contributed by atoms with Crippen LogP contribution in [0, 0.1) is 5.92 Å². The lowest BCUT2D eigenvalue weighted by Crippen LogP contribution is -2.39. The van der Waals surface area contributed by atoms with Crippen LogP contribution >= 0.6 is 0 Å². The highest BCUT2D eigenvalue weighted by molar-refractivity contribution is 5.78. The molecular formula is C16H21N3O2. The molecule has 2 rings (SSSR count). The Morgan fingerprint density at radius 3 is 2.43 bits per heavy atom. The van der Waals surface area contributed by atoms with Crippen molar-refractivity contribution in [3.63, 3.8) is 0 Å². The van der Waals surface area contributed by atoms with Crippen LogP contribution in [-0.2, 0) is 11.3 Å². The molecule has 0 atom stereocenters. The Morgan fingerprint density at radius 1 is 1.19 bits per heavy atom. The fourth-order valence-electron chi connectivity index (χ4n) is 2.02. The molecule has 0 fully saturated rings. The van der Waals surface area contributed by atoms with Gasteiger partial charge in [-0.15, -0.1) is 0 Å². The molecule has 5 heteroatoms. The third-order valence-corrected chi connectivity index (χ3v) is 3.21. The number of carbonyl (C=O) groups is 1. The van der Waals surface area contributed by atoms with Crippen molar-refractivity contribution in [3.05, 3.63) is 36.2 Å².